The molecule has 166 valence electrons. The van der Waals surface area contributed by atoms with E-state index in [4.69, 9.17) is 0 Å². The molecule has 1 amide bonds. The van der Waals surface area contributed by atoms with E-state index in [9.17, 15) is 9.18 Å². The van der Waals surface area contributed by atoms with Gasteiger partial charge in [0.2, 0.25) is 5.91 Å². The second-order valence-corrected chi connectivity index (χ2v) is 9.24. The van der Waals surface area contributed by atoms with E-state index < -0.39 is 0 Å². The summed E-state index contributed by atoms with van der Waals surface area (Å²) < 4.78 is 17.7. The molecule has 0 fully saturated rings. The first-order valence-corrected chi connectivity index (χ1v) is 11.8. The number of nitrogens with one attached hydrogen (secondary N) is 1. The molecule has 0 aliphatic rings. The highest BCUT2D eigenvalue weighted by Crippen LogP contribution is 2.32. The molecule has 7 nitrogen and oxygen atoms in total. The SMILES string of the molecule is Cc1nn(CC(=O)Nc2nn(Cc3ccccc3F)cc2Br)c2nccc(-c3cccs3)c12. The summed E-state index contributed by atoms with van der Waals surface area (Å²) in [6.07, 6.45) is 3.43. The predicted molar refractivity (Wildman–Crippen MR) is 130 cm³/mol. The summed E-state index contributed by atoms with van der Waals surface area (Å²) >= 11 is 5.06. The minimum absolute atomic E-state index is 0.0160. The number of hydrogen-bond donors (Lipinski definition) is 1. The summed E-state index contributed by atoms with van der Waals surface area (Å²) in [7, 11) is 0. The summed E-state index contributed by atoms with van der Waals surface area (Å²) in [5, 5.41) is 14.7. The highest BCUT2D eigenvalue weighted by molar-refractivity contribution is 9.10. The highest BCUT2D eigenvalue weighted by Gasteiger charge is 2.18. The molecule has 1 N–H and O–H groups in total. The fourth-order valence-electron chi connectivity index (χ4n) is 3.70. The first-order chi connectivity index (χ1) is 16.0. The van der Waals surface area contributed by atoms with E-state index in [1.54, 1.807) is 51.3 Å². The molecule has 4 aromatic heterocycles. The van der Waals surface area contributed by atoms with Crippen molar-refractivity contribution in [2.24, 2.45) is 0 Å². The van der Waals surface area contributed by atoms with E-state index in [0.29, 0.717) is 21.5 Å². The number of hydrogen-bond acceptors (Lipinski definition) is 5. The first-order valence-electron chi connectivity index (χ1n) is 10.1. The van der Waals surface area contributed by atoms with E-state index in [2.05, 4.69) is 42.5 Å². The Morgan fingerprint density at radius 3 is 2.82 bits per heavy atom. The Labute approximate surface area is 201 Å². The number of halogens is 2. The molecule has 0 saturated carbocycles. The number of aromatic nitrogens is 5. The van der Waals surface area contributed by atoms with Gasteiger partial charge in [0.25, 0.3) is 0 Å². The van der Waals surface area contributed by atoms with Crippen molar-refractivity contribution in [1.29, 1.82) is 0 Å². The maximum atomic E-state index is 13.9. The second-order valence-electron chi connectivity index (χ2n) is 7.44. The number of carbonyl (C=O) groups excluding carboxylic acids is 1. The molecule has 0 bridgehead atoms. The number of anilines is 1. The third kappa shape index (κ3) is 4.31. The van der Waals surface area contributed by atoms with Crippen LogP contribution in [-0.2, 0) is 17.9 Å². The van der Waals surface area contributed by atoms with Crippen LogP contribution in [0.15, 0.2) is 64.7 Å². The average molecular weight is 525 g/mol. The largest absolute Gasteiger partial charge is 0.307 e. The van der Waals surface area contributed by atoms with Crippen molar-refractivity contribution in [1.82, 2.24) is 24.5 Å². The minimum atomic E-state index is -0.301. The zero-order valence-corrected chi connectivity index (χ0v) is 19.9. The van der Waals surface area contributed by atoms with Crippen molar-refractivity contribution in [3.63, 3.8) is 0 Å². The highest BCUT2D eigenvalue weighted by atomic mass is 79.9. The van der Waals surface area contributed by atoms with Crippen LogP contribution >= 0.6 is 27.3 Å². The van der Waals surface area contributed by atoms with Crippen molar-refractivity contribution in [2.45, 2.75) is 20.0 Å². The van der Waals surface area contributed by atoms with Gasteiger partial charge in [-0.3, -0.25) is 9.48 Å². The zero-order chi connectivity index (χ0) is 22.9. The van der Waals surface area contributed by atoms with Crippen LogP contribution in [0, 0.1) is 12.7 Å². The lowest BCUT2D eigenvalue weighted by Gasteiger charge is -2.05. The number of pyridine rings is 1. The third-order valence-electron chi connectivity index (χ3n) is 5.15. The number of rotatable bonds is 6. The van der Waals surface area contributed by atoms with Crippen LogP contribution in [0.1, 0.15) is 11.3 Å². The molecule has 5 aromatic rings. The number of carbonyl (C=O) groups is 1. The fourth-order valence-corrected chi connectivity index (χ4v) is 4.87. The van der Waals surface area contributed by atoms with Gasteiger partial charge in [-0.2, -0.15) is 10.2 Å². The van der Waals surface area contributed by atoms with Crippen molar-refractivity contribution >= 4 is 50.0 Å². The van der Waals surface area contributed by atoms with Crippen LogP contribution in [0.3, 0.4) is 0 Å². The number of amides is 1. The Balaban J connectivity index is 1.35. The van der Waals surface area contributed by atoms with Crippen molar-refractivity contribution in [2.75, 3.05) is 5.32 Å². The van der Waals surface area contributed by atoms with E-state index in [-0.39, 0.29) is 24.8 Å². The molecule has 4 heterocycles. The Bertz CT molecular complexity index is 1460. The summed E-state index contributed by atoms with van der Waals surface area (Å²) in [5.41, 5.74) is 3.02. The van der Waals surface area contributed by atoms with Gasteiger partial charge in [0, 0.05) is 28.4 Å². The van der Waals surface area contributed by atoms with Crippen LogP contribution in [0.4, 0.5) is 10.2 Å². The van der Waals surface area contributed by atoms with E-state index in [0.717, 1.165) is 21.5 Å². The quantitative estimate of drug-likeness (QED) is 0.329. The average Bonchev–Trinajstić information content (AvgIpc) is 3.51. The zero-order valence-electron chi connectivity index (χ0n) is 17.5. The molecular formula is C23H18BrFN6OS. The van der Waals surface area contributed by atoms with Gasteiger partial charge in [0.15, 0.2) is 11.5 Å². The maximum absolute atomic E-state index is 13.9. The Kier molecular flexibility index (Phi) is 5.77. The van der Waals surface area contributed by atoms with Crippen LogP contribution in [0.25, 0.3) is 21.5 Å². The number of fused-ring (bicyclic) bond motifs is 1. The number of thiophene rings is 1. The van der Waals surface area contributed by atoms with Gasteiger partial charge in [-0.25, -0.2) is 14.1 Å². The van der Waals surface area contributed by atoms with E-state index in [1.165, 1.54) is 6.07 Å². The van der Waals surface area contributed by atoms with Gasteiger partial charge in [-0.1, -0.05) is 24.3 Å². The van der Waals surface area contributed by atoms with Gasteiger partial charge in [0.05, 0.1) is 22.1 Å². The Morgan fingerprint density at radius 2 is 2.03 bits per heavy atom. The lowest BCUT2D eigenvalue weighted by atomic mass is 10.1. The Morgan fingerprint density at radius 1 is 1.18 bits per heavy atom. The van der Waals surface area contributed by atoms with E-state index >= 15 is 0 Å². The molecule has 0 saturated heterocycles. The first kappa shape index (κ1) is 21.5. The molecule has 0 radical (unpaired) electrons. The molecular weight excluding hydrogens is 507 g/mol. The van der Waals surface area contributed by atoms with Crippen LogP contribution in [-0.4, -0.2) is 30.5 Å². The molecule has 10 heteroatoms. The molecule has 33 heavy (non-hydrogen) atoms. The van der Waals surface area contributed by atoms with Crippen LogP contribution in [0.2, 0.25) is 0 Å². The lowest BCUT2D eigenvalue weighted by molar-refractivity contribution is -0.116. The van der Waals surface area contributed by atoms with Gasteiger partial charge in [0.1, 0.15) is 12.4 Å². The summed E-state index contributed by atoms with van der Waals surface area (Å²) in [4.78, 5) is 18.4. The van der Waals surface area contributed by atoms with Gasteiger partial charge in [-0.05, 0) is 46.4 Å². The van der Waals surface area contributed by atoms with Crippen molar-refractivity contribution in [3.8, 4) is 10.4 Å². The van der Waals surface area contributed by atoms with Crippen LogP contribution in [0.5, 0.6) is 0 Å². The lowest BCUT2D eigenvalue weighted by Crippen LogP contribution is -2.20. The topological polar surface area (TPSA) is 77.6 Å². The predicted octanol–water partition coefficient (Wildman–Crippen LogP) is 5.25. The van der Waals surface area contributed by atoms with Crippen molar-refractivity contribution in [3.05, 3.63) is 81.8 Å². The monoisotopic (exact) mass is 524 g/mol. The summed E-state index contributed by atoms with van der Waals surface area (Å²) in [5.74, 6) is -0.235. The van der Waals surface area contributed by atoms with Crippen LogP contribution < -0.4 is 5.32 Å². The minimum Gasteiger partial charge on any atom is -0.307 e. The summed E-state index contributed by atoms with van der Waals surface area (Å²) in [6, 6.07) is 12.5. The fraction of sp³-hybridized carbons (Fsp3) is 0.130. The second kappa shape index (κ2) is 8.87. The number of nitrogens with zero attached hydrogens (tertiary/aromatic N) is 5. The Hall–Kier alpha value is -3.37. The van der Waals surface area contributed by atoms with Crippen molar-refractivity contribution < 1.29 is 9.18 Å². The third-order valence-corrected chi connectivity index (χ3v) is 6.64. The molecule has 0 aliphatic heterocycles. The molecule has 5 rings (SSSR count). The summed E-state index contributed by atoms with van der Waals surface area (Å²) in [6.45, 7) is 2.15. The maximum Gasteiger partial charge on any atom is 0.247 e. The smallest absolute Gasteiger partial charge is 0.247 e. The molecule has 0 atom stereocenters. The number of benzene rings is 1. The molecule has 0 unspecified atom stereocenters. The van der Waals surface area contributed by atoms with Gasteiger partial charge < -0.3 is 5.32 Å². The molecule has 1 aromatic carbocycles. The van der Waals surface area contributed by atoms with Gasteiger partial charge >= 0.3 is 0 Å². The molecule has 0 aliphatic carbocycles. The normalized spacial score (nSPS) is 11.2. The van der Waals surface area contributed by atoms with E-state index in [1.807, 2.05) is 24.4 Å². The van der Waals surface area contributed by atoms with Gasteiger partial charge in [-0.15, -0.1) is 11.3 Å². The standard InChI is InChI=1S/C23H18BrFN6OS/c1-14-21-16(19-7-4-10-33-19)8-9-26-23(21)31(28-14)13-20(32)27-22-17(24)12-30(29-22)11-15-5-2-3-6-18(15)25/h2-10,12H,11,13H2,1H3,(H,27,29,32). The number of aryl methyl sites for hydroxylation is 1. The molecule has 0 spiro atoms.